The van der Waals surface area contributed by atoms with Gasteiger partial charge in [0.05, 0.1) is 10.9 Å². The monoisotopic (exact) mass is 324 g/mol. The second-order valence-electron chi connectivity index (χ2n) is 6.78. The topological polar surface area (TPSA) is 85.4 Å². The lowest BCUT2D eigenvalue weighted by Crippen LogP contribution is -2.23. The molecule has 0 radical (unpaired) electrons. The fraction of sp³-hybridized carbons (Fsp3) is 0.235. The van der Waals surface area contributed by atoms with E-state index in [-0.39, 0.29) is 11.4 Å². The Balaban J connectivity index is 2.09. The van der Waals surface area contributed by atoms with Gasteiger partial charge in [-0.05, 0) is 39.0 Å². The van der Waals surface area contributed by atoms with Crippen molar-refractivity contribution in [3.8, 4) is 11.3 Å². The molecule has 4 rings (SSSR count). The first-order valence-electron chi connectivity index (χ1n) is 7.63. The Morgan fingerprint density at radius 2 is 2.00 bits per heavy atom. The minimum atomic E-state index is -0.288. The molecule has 24 heavy (non-hydrogen) atoms. The molecular weight excluding hydrogens is 307 g/mol. The maximum atomic E-state index is 13.4. The quantitative estimate of drug-likeness (QED) is 0.561. The van der Waals surface area contributed by atoms with Crippen LogP contribution < -0.4 is 5.73 Å². The highest BCUT2D eigenvalue weighted by molar-refractivity contribution is 6.05. The van der Waals surface area contributed by atoms with Gasteiger partial charge in [-0.3, -0.25) is 0 Å². The summed E-state index contributed by atoms with van der Waals surface area (Å²) in [4.78, 5) is 11.6. The first-order chi connectivity index (χ1) is 11.4. The summed E-state index contributed by atoms with van der Waals surface area (Å²) in [5.74, 6) is 0.0887. The summed E-state index contributed by atoms with van der Waals surface area (Å²) in [7, 11) is 0. The van der Waals surface area contributed by atoms with Crippen LogP contribution in [0.2, 0.25) is 0 Å². The number of nitrogens with two attached hydrogens (primary N) is 1. The molecule has 0 atom stereocenters. The van der Waals surface area contributed by atoms with Crippen molar-refractivity contribution in [2.24, 2.45) is 0 Å². The van der Waals surface area contributed by atoms with Gasteiger partial charge >= 0.3 is 0 Å². The molecule has 0 fully saturated rings. The fourth-order valence-corrected chi connectivity index (χ4v) is 2.93. The maximum Gasteiger partial charge on any atom is 0.164 e. The van der Waals surface area contributed by atoms with Crippen molar-refractivity contribution in [2.45, 2.75) is 26.3 Å². The zero-order valence-electron chi connectivity index (χ0n) is 13.6. The molecule has 0 unspecified atom stereocenters. The molecule has 0 aliphatic rings. The molecule has 3 N–H and O–H groups in total. The summed E-state index contributed by atoms with van der Waals surface area (Å²) in [6, 6.07) is 4.63. The molecule has 0 spiro atoms. The molecule has 122 valence electrons. The molecular formula is C17H17FN6. The van der Waals surface area contributed by atoms with Crippen molar-refractivity contribution in [2.75, 3.05) is 5.73 Å². The Kier molecular flexibility index (Phi) is 2.90. The molecule has 1 aromatic carbocycles. The lowest BCUT2D eigenvalue weighted by molar-refractivity contribution is 0.367. The first-order valence-corrected chi connectivity index (χ1v) is 7.63. The lowest BCUT2D eigenvalue weighted by Gasteiger charge is -2.19. The van der Waals surface area contributed by atoms with Gasteiger partial charge in [0, 0.05) is 22.7 Å². The minimum Gasteiger partial charge on any atom is -0.383 e. The summed E-state index contributed by atoms with van der Waals surface area (Å²) in [6.07, 6.45) is 3.25. The Morgan fingerprint density at radius 3 is 2.75 bits per heavy atom. The van der Waals surface area contributed by atoms with Crippen molar-refractivity contribution < 1.29 is 4.39 Å². The molecule has 0 saturated heterocycles. The fourth-order valence-electron chi connectivity index (χ4n) is 2.93. The van der Waals surface area contributed by atoms with Crippen LogP contribution in [0.25, 0.3) is 33.2 Å². The van der Waals surface area contributed by atoms with E-state index in [0.717, 1.165) is 10.9 Å². The Bertz CT molecular complexity index is 1070. The number of nitrogens with one attached hydrogen (secondary N) is 1. The van der Waals surface area contributed by atoms with Crippen LogP contribution in [-0.2, 0) is 5.54 Å². The van der Waals surface area contributed by atoms with Gasteiger partial charge in [-0.2, -0.15) is 5.10 Å². The largest absolute Gasteiger partial charge is 0.383 e. The summed E-state index contributed by atoms with van der Waals surface area (Å²) in [6.45, 7) is 6.14. The van der Waals surface area contributed by atoms with Crippen LogP contribution in [0.3, 0.4) is 0 Å². The highest BCUT2D eigenvalue weighted by Gasteiger charge is 2.25. The van der Waals surface area contributed by atoms with Crippen LogP contribution in [0.15, 0.2) is 30.7 Å². The number of fused-ring (bicyclic) bond motifs is 2. The zero-order valence-corrected chi connectivity index (χ0v) is 13.6. The van der Waals surface area contributed by atoms with E-state index < -0.39 is 0 Å². The molecule has 4 aromatic rings. The number of nitrogen functional groups attached to an aromatic ring is 1. The standard InChI is InChI=1S/C17H17FN6/c1-17(2,3)24-16-13(15(19)21-8-22-16)14(23-24)11-7-20-12-6-9(18)4-5-10(11)12/h4-8,20H,1-3H3,(H2,19,21,22). The Labute approximate surface area is 137 Å². The summed E-state index contributed by atoms with van der Waals surface area (Å²) in [5.41, 5.74) is 8.77. The third-order valence-electron chi connectivity index (χ3n) is 4.03. The molecule has 6 nitrogen and oxygen atoms in total. The van der Waals surface area contributed by atoms with Gasteiger partial charge in [-0.25, -0.2) is 19.0 Å². The number of rotatable bonds is 1. The molecule has 0 bridgehead atoms. The van der Waals surface area contributed by atoms with Crippen LogP contribution in [-0.4, -0.2) is 24.7 Å². The van der Waals surface area contributed by atoms with E-state index >= 15 is 0 Å². The van der Waals surface area contributed by atoms with E-state index in [4.69, 9.17) is 10.8 Å². The van der Waals surface area contributed by atoms with Crippen molar-refractivity contribution in [1.29, 1.82) is 0 Å². The molecule has 0 aliphatic heterocycles. The van der Waals surface area contributed by atoms with Crippen molar-refractivity contribution >= 4 is 27.8 Å². The Morgan fingerprint density at radius 1 is 1.21 bits per heavy atom. The normalized spacial score (nSPS) is 12.3. The minimum absolute atomic E-state index is 0.268. The smallest absolute Gasteiger partial charge is 0.164 e. The van der Waals surface area contributed by atoms with E-state index in [9.17, 15) is 4.39 Å². The van der Waals surface area contributed by atoms with E-state index in [2.05, 4.69) is 15.0 Å². The molecule has 0 aliphatic carbocycles. The number of anilines is 1. The van der Waals surface area contributed by atoms with Crippen molar-refractivity contribution in [1.82, 2.24) is 24.7 Å². The second kappa shape index (κ2) is 4.77. The van der Waals surface area contributed by atoms with Crippen molar-refractivity contribution in [3.05, 3.63) is 36.5 Å². The maximum absolute atomic E-state index is 13.4. The predicted molar refractivity (Wildman–Crippen MR) is 92.0 cm³/mol. The highest BCUT2D eigenvalue weighted by Crippen LogP contribution is 2.36. The number of H-pyrrole nitrogens is 1. The number of nitrogens with zero attached hydrogens (tertiary/aromatic N) is 4. The van der Waals surface area contributed by atoms with Gasteiger partial charge in [-0.15, -0.1) is 0 Å². The van der Waals surface area contributed by atoms with Crippen LogP contribution >= 0.6 is 0 Å². The zero-order chi connectivity index (χ0) is 17.1. The van der Waals surface area contributed by atoms with Gasteiger partial charge in [-0.1, -0.05) is 0 Å². The van der Waals surface area contributed by atoms with Gasteiger partial charge in [0.25, 0.3) is 0 Å². The summed E-state index contributed by atoms with van der Waals surface area (Å²) >= 11 is 0. The number of benzene rings is 1. The SMILES string of the molecule is CC(C)(C)n1nc(-c2c[nH]c3cc(F)ccc23)c2c(N)ncnc21. The first kappa shape index (κ1) is 14.6. The van der Waals surface area contributed by atoms with Gasteiger partial charge in [0.15, 0.2) is 5.65 Å². The number of aromatic nitrogens is 5. The number of hydrogen-bond donors (Lipinski definition) is 2. The van der Waals surface area contributed by atoms with E-state index in [1.165, 1.54) is 18.5 Å². The molecule has 7 heteroatoms. The number of hydrogen-bond acceptors (Lipinski definition) is 4. The predicted octanol–water partition coefficient (Wildman–Crippen LogP) is 3.45. The van der Waals surface area contributed by atoms with Gasteiger partial charge in [0.1, 0.15) is 23.7 Å². The van der Waals surface area contributed by atoms with E-state index in [1.54, 1.807) is 6.07 Å². The highest BCUT2D eigenvalue weighted by atomic mass is 19.1. The lowest BCUT2D eigenvalue weighted by atomic mass is 10.1. The third kappa shape index (κ3) is 2.05. The van der Waals surface area contributed by atoms with Crippen LogP contribution in [0, 0.1) is 5.82 Å². The van der Waals surface area contributed by atoms with E-state index in [0.29, 0.717) is 28.1 Å². The molecule has 0 saturated carbocycles. The summed E-state index contributed by atoms with van der Waals surface area (Å²) in [5, 5.41) is 6.34. The Hall–Kier alpha value is -2.96. The van der Waals surface area contributed by atoms with E-state index in [1.807, 2.05) is 31.6 Å². The second-order valence-corrected chi connectivity index (χ2v) is 6.78. The summed E-state index contributed by atoms with van der Waals surface area (Å²) < 4.78 is 15.3. The molecule has 0 amide bonds. The van der Waals surface area contributed by atoms with Gasteiger partial charge in [0.2, 0.25) is 0 Å². The number of halogens is 1. The molecule has 3 aromatic heterocycles. The van der Waals surface area contributed by atoms with Crippen LogP contribution in [0.5, 0.6) is 0 Å². The molecule has 3 heterocycles. The third-order valence-corrected chi connectivity index (χ3v) is 4.03. The van der Waals surface area contributed by atoms with Gasteiger partial charge < -0.3 is 10.7 Å². The average molecular weight is 324 g/mol. The van der Waals surface area contributed by atoms with Crippen molar-refractivity contribution in [3.63, 3.8) is 0 Å². The van der Waals surface area contributed by atoms with Crippen LogP contribution in [0.4, 0.5) is 10.2 Å². The van der Waals surface area contributed by atoms with Crippen LogP contribution in [0.1, 0.15) is 20.8 Å². The number of aromatic amines is 1. The average Bonchev–Trinajstić information content (AvgIpc) is 3.08.